The van der Waals surface area contributed by atoms with E-state index >= 15 is 0 Å². The van der Waals surface area contributed by atoms with Crippen LogP contribution in [-0.2, 0) is 20.9 Å². The number of nitrogens with zero attached hydrogens (tertiary/aromatic N) is 3. The van der Waals surface area contributed by atoms with Gasteiger partial charge in [0.05, 0.1) is 27.6 Å². The van der Waals surface area contributed by atoms with E-state index in [1.165, 1.54) is 28.0 Å². The van der Waals surface area contributed by atoms with Gasteiger partial charge in [0, 0.05) is 48.9 Å². The molecule has 0 saturated carbocycles. The smallest absolute Gasteiger partial charge is 0.411 e. The van der Waals surface area contributed by atoms with Gasteiger partial charge >= 0.3 is 6.09 Å². The van der Waals surface area contributed by atoms with E-state index in [0.29, 0.717) is 15.7 Å². The SMILES string of the molecule is CC(C)(C)OC(=O)N1CCC(O)[C@@H]1C(=O)Nc1cccc(-c2csc(SCC(=O)NC3CCN(Cc4ccc(Cl)c(Cl)c4)CC3)n2)c1. The minimum absolute atomic E-state index is 0.0195. The second-order valence-electron chi connectivity index (χ2n) is 12.7. The monoisotopic (exact) mass is 719 g/mol. The molecule has 47 heavy (non-hydrogen) atoms. The Bertz CT molecular complexity index is 1590. The van der Waals surface area contributed by atoms with Gasteiger partial charge in [-0.3, -0.25) is 19.4 Å². The van der Waals surface area contributed by atoms with E-state index in [9.17, 15) is 19.5 Å². The number of halogens is 2. The number of aliphatic hydroxyl groups excluding tert-OH is 1. The lowest BCUT2D eigenvalue weighted by molar-refractivity contribution is -0.123. The lowest BCUT2D eigenvalue weighted by atomic mass is 10.0. The summed E-state index contributed by atoms with van der Waals surface area (Å²) in [6.45, 7) is 8.05. The number of ether oxygens (including phenoxy) is 1. The molecule has 5 rings (SSSR count). The van der Waals surface area contributed by atoms with Crippen molar-refractivity contribution < 1.29 is 24.2 Å². The molecular formula is C33H39Cl2N5O5S2. The highest BCUT2D eigenvalue weighted by Crippen LogP contribution is 2.30. The van der Waals surface area contributed by atoms with E-state index in [1.807, 2.05) is 29.6 Å². The topological polar surface area (TPSA) is 124 Å². The fourth-order valence-corrected chi connectivity index (χ4v) is 7.54. The van der Waals surface area contributed by atoms with Crippen molar-refractivity contribution >= 4 is 69.9 Å². The second-order valence-corrected chi connectivity index (χ2v) is 15.6. The maximum absolute atomic E-state index is 13.2. The van der Waals surface area contributed by atoms with Crippen LogP contribution in [0.1, 0.15) is 45.6 Å². The van der Waals surface area contributed by atoms with Crippen molar-refractivity contribution in [3.63, 3.8) is 0 Å². The molecule has 0 bridgehead atoms. The molecule has 2 aliphatic heterocycles. The number of amides is 3. The number of carbonyl (C=O) groups excluding carboxylic acids is 3. The largest absolute Gasteiger partial charge is 0.444 e. The summed E-state index contributed by atoms with van der Waals surface area (Å²) in [5.41, 5.74) is 2.43. The van der Waals surface area contributed by atoms with Crippen molar-refractivity contribution in [2.24, 2.45) is 0 Å². The van der Waals surface area contributed by atoms with Gasteiger partial charge in [-0.2, -0.15) is 0 Å². The van der Waals surface area contributed by atoms with Crippen LogP contribution in [0.15, 0.2) is 52.2 Å². The molecule has 0 radical (unpaired) electrons. The summed E-state index contributed by atoms with van der Waals surface area (Å²) in [4.78, 5) is 46.9. The lowest BCUT2D eigenvalue weighted by Crippen LogP contribution is -2.49. The number of benzene rings is 2. The lowest BCUT2D eigenvalue weighted by Gasteiger charge is -2.32. The number of piperidine rings is 1. The molecule has 252 valence electrons. The van der Waals surface area contributed by atoms with Crippen molar-refractivity contribution in [2.75, 3.05) is 30.7 Å². The molecule has 2 saturated heterocycles. The van der Waals surface area contributed by atoms with Crippen LogP contribution >= 0.6 is 46.3 Å². The first kappa shape index (κ1) is 35.4. The van der Waals surface area contributed by atoms with E-state index in [-0.39, 0.29) is 30.7 Å². The van der Waals surface area contributed by atoms with Crippen LogP contribution in [0.2, 0.25) is 10.0 Å². The fraction of sp³-hybridized carbons (Fsp3) is 0.455. The summed E-state index contributed by atoms with van der Waals surface area (Å²) in [6.07, 6.45) is 0.421. The van der Waals surface area contributed by atoms with Gasteiger partial charge in [0.25, 0.3) is 0 Å². The Labute approximate surface area is 293 Å². The number of thioether (sulfide) groups is 1. The maximum Gasteiger partial charge on any atom is 0.411 e. The van der Waals surface area contributed by atoms with E-state index in [1.54, 1.807) is 39.0 Å². The Morgan fingerprint density at radius 2 is 1.83 bits per heavy atom. The van der Waals surface area contributed by atoms with Gasteiger partial charge in [-0.1, -0.05) is 53.2 Å². The fourth-order valence-electron chi connectivity index (χ4n) is 5.57. The molecule has 2 aromatic carbocycles. The second kappa shape index (κ2) is 15.6. The van der Waals surface area contributed by atoms with Crippen molar-refractivity contribution in [3.05, 3.63) is 63.5 Å². The summed E-state index contributed by atoms with van der Waals surface area (Å²) in [7, 11) is 0. The highest BCUT2D eigenvalue weighted by Gasteiger charge is 2.42. The minimum Gasteiger partial charge on any atom is -0.444 e. The first-order valence-corrected chi connectivity index (χ1v) is 18.1. The molecule has 14 heteroatoms. The van der Waals surface area contributed by atoms with Crippen LogP contribution in [0.4, 0.5) is 10.5 Å². The molecule has 3 aromatic rings. The van der Waals surface area contributed by atoms with Crippen molar-refractivity contribution in [1.29, 1.82) is 0 Å². The third kappa shape index (κ3) is 9.84. The summed E-state index contributed by atoms with van der Waals surface area (Å²) >= 11 is 15.0. The van der Waals surface area contributed by atoms with Crippen molar-refractivity contribution in [3.8, 4) is 11.3 Å². The number of anilines is 1. The standard InChI is InChI=1S/C33H39Cl2N5O5S2/c1-33(2,3)45-32(44)40-14-11-27(41)29(40)30(43)37-23-6-4-5-21(16-23)26-18-46-31(38-26)47-19-28(42)36-22-9-12-39(13-10-22)17-20-7-8-24(34)25(35)15-20/h4-8,15-16,18,22,27,29,41H,9-14,17,19H2,1-3H3,(H,36,42)(H,37,43)/t27?,29-/m1/s1. The molecule has 0 spiro atoms. The Morgan fingerprint density at radius 3 is 2.55 bits per heavy atom. The normalized spacial score (nSPS) is 19.1. The summed E-state index contributed by atoms with van der Waals surface area (Å²) in [5, 5.41) is 19.5. The van der Waals surface area contributed by atoms with Gasteiger partial charge in [0.2, 0.25) is 11.8 Å². The number of likely N-dealkylation sites (tertiary alicyclic amines) is 2. The van der Waals surface area contributed by atoms with Crippen LogP contribution in [-0.4, -0.2) is 87.0 Å². The molecule has 2 fully saturated rings. The predicted octanol–water partition coefficient (Wildman–Crippen LogP) is 6.30. The van der Waals surface area contributed by atoms with E-state index in [0.717, 1.165) is 53.6 Å². The zero-order valence-corrected chi connectivity index (χ0v) is 29.6. The van der Waals surface area contributed by atoms with Crippen LogP contribution in [0.5, 0.6) is 0 Å². The predicted molar refractivity (Wildman–Crippen MR) is 187 cm³/mol. The molecule has 3 N–H and O–H groups in total. The van der Waals surface area contributed by atoms with E-state index in [4.69, 9.17) is 32.9 Å². The third-order valence-electron chi connectivity index (χ3n) is 7.84. The number of rotatable bonds is 9. The number of hydrogen-bond acceptors (Lipinski definition) is 9. The van der Waals surface area contributed by atoms with Crippen molar-refractivity contribution in [1.82, 2.24) is 20.1 Å². The molecule has 1 unspecified atom stereocenters. The van der Waals surface area contributed by atoms with Gasteiger partial charge in [-0.25, -0.2) is 9.78 Å². The number of carbonyl (C=O) groups is 3. The zero-order chi connectivity index (χ0) is 33.7. The van der Waals surface area contributed by atoms with Crippen LogP contribution in [0.3, 0.4) is 0 Å². The van der Waals surface area contributed by atoms with Crippen LogP contribution < -0.4 is 10.6 Å². The molecule has 0 aliphatic carbocycles. The minimum atomic E-state index is -1.05. The molecule has 3 heterocycles. The van der Waals surface area contributed by atoms with Crippen LogP contribution in [0, 0.1) is 0 Å². The Balaban J connectivity index is 1.09. The Hall–Kier alpha value is -2.87. The van der Waals surface area contributed by atoms with Gasteiger partial charge in [-0.15, -0.1) is 11.3 Å². The van der Waals surface area contributed by atoms with Gasteiger partial charge in [0.15, 0.2) is 4.34 Å². The molecule has 10 nitrogen and oxygen atoms in total. The van der Waals surface area contributed by atoms with Crippen molar-refractivity contribution in [2.45, 2.75) is 74.7 Å². The number of hydrogen-bond donors (Lipinski definition) is 3. The zero-order valence-electron chi connectivity index (χ0n) is 26.5. The van der Waals surface area contributed by atoms with Gasteiger partial charge in [-0.05, 0) is 69.9 Å². The Morgan fingerprint density at radius 1 is 1.06 bits per heavy atom. The molecule has 2 atom stereocenters. The first-order chi connectivity index (χ1) is 22.3. The van der Waals surface area contributed by atoms with Crippen LogP contribution in [0.25, 0.3) is 11.3 Å². The highest BCUT2D eigenvalue weighted by atomic mass is 35.5. The Kier molecular flexibility index (Phi) is 11.7. The summed E-state index contributed by atoms with van der Waals surface area (Å²) in [6, 6.07) is 12.0. The number of nitrogens with one attached hydrogen (secondary N) is 2. The number of aliphatic hydroxyl groups is 1. The summed E-state index contributed by atoms with van der Waals surface area (Å²) < 4.78 is 6.20. The molecular weight excluding hydrogens is 681 g/mol. The maximum atomic E-state index is 13.2. The summed E-state index contributed by atoms with van der Waals surface area (Å²) in [5.74, 6) is -0.241. The first-order valence-electron chi connectivity index (χ1n) is 15.5. The van der Waals surface area contributed by atoms with Gasteiger partial charge in [0.1, 0.15) is 11.6 Å². The van der Waals surface area contributed by atoms with Gasteiger partial charge < -0.3 is 20.5 Å². The molecule has 3 amide bonds. The third-order valence-corrected chi connectivity index (χ3v) is 10.6. The highest BCUT2D eigenvalue weighted by molar-refractivity contribution is 8.01. The number of thiazole rings is 1. The average molecular weight is 721 g/mol. The average Bonchev–Trinajstić information content (AvgIpc) is 3.65. The van der Waals surface area contributed by atoms with E-state index < -0.39 is 29.7 Å². The quantitative estimate of drug-likeness (QED) is 0.220. The molecule has 2 aliphatic rings. The number of aromatic nitrogens is 1. The van der Waals surface area contributed by atoms with E-state index in [2.05, 4.69) is 15.5 Å². The molecule has 1 aromatic heterocycles.